The first-order chi connectivity index (χ1) is 12.1. The highest BCUT2D eigenvalue weighted by Crippen LogP contribution is 2.35. The average Bonchev–Trinajstić information content (AvgIpc) is 2.61. The predicted molar refractivity (Wildman–Crippen MR) is 99.4 cm³/mol. The number of aryl methyl sites for hydroxylation is 1. The van der Waals surface area contributed by atoms with Crippen molar-refractivity contribution in [3.8, 4) is 0 Å². The maximum atomic E-state index is 12.8. The standard InChI is InChI=1S/C21H26N2O2/c1-15-8-9-17-10-11-23(20(25)14-22-13-16(2)24)21(19(17)12-15)18-6-4-3-5-7-18/h3-9,12,16,21-22,24H,10-11,13-14H2,1-2H3/t16-,21?/m1/s1. The summed E-state index contributed by atoms with van der Waals surface area (Å²) in [4.78, 5) is 14.8. The van der Waals surface area contributed by atoms with Gasteiger partial charge in [0.2, 0.25) is 5.91 Å². The Morgan fingerprint density at radius 1 is 1.28 bits per heavy atom. The first kappa shape index (κ1) is 17.6. The van der Waals surface area contributed by atoms with Gasteiger partial charge in [-0.1, -0.05) is 54.1 Å². The molecule has 1 heterocycles. The third-order valence-corrected chi connectivity index (χ3v) is 4.68. The van der Waals surface area contributed by atoms with Crippen molar-refractivity contribution in [2.45, 2.75) is 32.4 Å². The van der Waals surface area contributed by atoms with E-state index in [9.17, 15) is 9.90 Å². The molecule has 0 fully saturated rings. The molecule has 0 spiro atoms. The van der Waals surface area contributed by atoms with Gasteiger partial charge >= 0.3 is 0 Å². The van der Waals surface area contributed by atoms with Crippen LogP contribution < -0.4 is 5.32 Å². The number of nitrogens with zero attached hydrogens (tertiary/aromatic N) is 1. The van der Waals surface area contributed by atoms with Gasteiger partial charge in [0.1, 0.15) is 0 Å². The van der Waals surface area contributed by atoms with E-state index in [1.807, 2.05) is 23.1 Å². The maximum absolute atomic E-state index is 12.8. The summed E-state index contributed by atoms with van der Waals surface area (Å²) in [7, 11) is 0. The SMILES string of the molecule is Cc1ccc2c(c1)C(c1ccccc1)N(C(=O)CNC[C@@H](C)O)CC2. The van der Waals surface area contributed by atoms with Gasteiger partial charge < -0.3 is 15.3 Å². The molecule has 25 heavy (non-hydrogen) atoms. The molecule has 0 aromatic heterocycles. The average molecular weight is 338 g/mol. The topological polar surface area (TPSA) is 52.6 Å². The van der Waals surface area contributed by atoms with E-state index < -0.39 is 6.10 Å². The molecule has 2 aromatic rings. The molecule has 0 aliphatic carbocycles. The lowest BCUT2D eigenvalue weighted by atomic mass is 9.87. The first-order valence-corrected chi connectivity index (χ1v) is 8.89. The number of carbonyl (C=O) groups excluding carboxylic acids is 1. The minimum absolute atomic E-state index is 0.0503. The van der Waals surface area contributed by atoms with Crippen molar-refractivity contribution in [3.63, 3.8) is 0 Å². The van der Waals surface area contributed by atoms with E-state index in [0.29, 0.717) is 13.1 Å². The molecule has 2 N–H and O–H groups in total. The van der Waals surface area contributed by atoms with Crippen LogP contribution in [0.1, 0.15) is 35.2 Å². The number of aliphatic hydroxyl groups excluding tert-OH is 1. The maximum Gasteiger partial charge on any atom is 0.237 e. The van der Waals surface area contributed by atoms with Crippen LogP contribution in [0.2, 0.25) is 0 Å². The number of hydrogen-bond acceptors (Lipinski definition) is 3. The lowest BCUT2D eigenvalue weighted by Gasteiger charge is -2.38. The Bertz CT molecular complexity index is 728. The zero-order chi connectivity index (χ0) is 17.8. The van der Waals surface area contributed by atoms with E-state index >= 15 is 0 Å². The van der Waals surface area contributed by atoms with Crippen molar-refractivity contribution >= 4 is 5.91 Å². The van der Waals surface area contributed by atoms with E-state index in [4.69, 9.17) is 0 Å². The summed E-state index contributed by atoms with van der Waals surface area (Å²) in [6.45, 7) is 5.18. The molecule has 1 aliphatic rings. The van der Waals surface area contributed by atoms with Crippen LogP contribution in [0.25, 0.3) is 0 Å². The first-order valence-electron chi connectivity index (χ1n) is 8.89. The molecule has 0 saturated carbocycles. The molecule has 4 nitrogen and oxygen atoms in total. The Morgan fingerprint density at radius 2 is 2.04 bits per heavy atom. The summed E-state index contributed by atoms with van der Waals surface area (Å²) in [6, 6.07) is 16.7. The normalized spacial score (nSPS) is 17.9. The number of fused-ring (bicyclic) bond motifs is 1. The molecule has 4 heteroatoms. The highest BCUT2D eigenvalue weighted by molar-refractivity contribution is 5.79. The fraction of sp³-hybridized carbons (Fsp3) is 0.381. The van der Waals surface area contributed by atoms with Crippen molar-refractivity contribution in [1.29, 1.82) is 0 Å². The number of benzene rings is 2. The highest BCUT2D eigenvalue weighted by Gasteiger charge is 2.31. The molecule has 3 rings (SSSR count). The minimum atomic E-state index is -0.456. The van der Waals surface area contributed by atoms with Gasteiger partial charge in [-0.15, -0.1) is 0 Å². The zero-order valence-corrected chi connectivity index (χ0v) is 14.9. The fourth-order valence-corrected chi connectivity index (χ4v) is 3.49. The van der Waals surface area contributed by atoms with Crippen LogP contribution in [0.5, 0.6) is 0 Å². The summed E-state index contributed by atoms with van der Waals surface area (Å²) in [5, 5.41) is 12.4. The minimum Gasteiger partial charge on any atom is -0.392 e. The van der Waals surface area contributed by atoms with Gasteiger partial charge in [0, 0.05) is 13.1 Å². The van der Waals surface area contributed by atoms with Crippen molar-refractivity contribution in [2.24, 2.45) is 0 Å². The number of carbonyl (C=O) groups is 1. The molecule has 0 saturated heterocycles. The molecule has 1 aliphatic heterocycles. The fourth-order valence-electron chi connectivity index (χ4n) is 3.49. The van der Waals surface area contributed by atoms with Crippen molar-refractivity contribution < 1.29 is 9.90 Å². The molecule has 1 unspecified atom stereocenters. The van der Waals surface area contributed by atoms with Crippen LogP contribution >= 0.6 is 0 Å². The summed E-state index contributed by atoms with van der Waals surface area (Å²) in [5.41, 5.74) is 4.89. The molecule has 2 atom stereocenters. The molecule has 2 aromatic carbocycles. The van der Waals surface area contributed by atoms with Gasteiger partial charge in [0.05, 0.1) is 18.7 Å². The second-order valence-corrected chi connectivity index (χ2v) is 6.83. The Morgan fingerprint density at radius 3 is 2.76 bits per heavy atom. The lowest BCUT2D eigenvalue weighted by molar-refractivity contribution is -0.132. The Balaban J connectivity index is 1.91. The van der Waals surface area contributed by atoms with Gasteiger partial charge in [-0.25, -0.2) is 0 Å². The quantitative estimate of drug-likeness (QED) is 0.880. The highest BCUT2D eigenvalue weighted by atomic mass is 16.3. The van der Waals surface area contributed by atoms with Gasteiger partial charge in [-0.3, -0.25) is 4.79 Å². The summed E-state index contributed by atoms with van der Waals surface area (Å²) in [6.07, 6.45) is 0.420. The second kappa shape index (κ2) is 7.81. The molecule has 1 amide bonds. The van der Waals surface area contributed by atoms with E-state index in [1.165, 1.54) is 16.7 Å². The van der Waals surface area contributed by atoms with Crippen LogP contribution in [-0.4, -0.2) is 41.7 Å². The summed E-state index contributed by atoms with van der Waals surface area (Å²) in [5.74, 6) is 0.0710. The molecule has 0 radical (unpaired) electrons. The Kier molecular flexibility index (Phi) is 5.51. The third-order valence-electron chi connectivity index (χ3n) is 4.68. The van der Waals surface area contributed by atoms with Crippen LogP contribution in [0.15, 0.2) is 48.5 Å². The van der Waals surface area contributed by atoms with E-state index in [1.54, 1.807) is 6.92 Å². The number of amides is 1. The second-order valence-electron chi connectivity index (χ2n) is 6.83. The van der Waals surface area contributed by atoms with E-state index in [-0.39, 0.29) is 18.5 Å². The predicted octanol–water partition coefficient (Wildman–Crippen LogP) is 2.44. The number of hydrogen-bond donors (Lipinski definition) is 2. The largest absolute Gasteiger partial charge is 0.392 e. The lowest BCUT2D eigenvalue weighted by Crippen LogP contribution is -2.45. The van der Waals surface area contributed by atoms with Gasteiger partial charge in [0.25, 0.3) is 0 Å². The zero-order valence-electron chi connectivity index (χ0n) is 14.9. The number of rotatable bonds is 5. The monoisotopic (exact) mass is 338 g/mol. The molecular formula is C21H26N2O2. The van der Waals surface area contributed by atoms with E-state index in [2.05, 4.69) is 42.6 Å². The summed E-state index contributed by atoms with van der Waals surface area (Å²) >= 11 is 0. The van der Waals surface area contributed by atoms with E-state index in [0.717, 1.165) is 12.0 Å². The van der Waals surface area contributed by atoms with Crippen LogP contribution in [0, 0.1) is 6.92 Å². The van der Waals surface area contributed by atoms with Crippen molar-refractivity contribution in [1.82, 2.24) is 10.2 Å². The van der Waals surface area contributed by atoms with Crippen LogP contribution in [0.4, 0.5) is 0 Å². The number of nitrogens with one attached hydrogen (secondary N) is 1. The third kappa shape index (κ3) is 4.09. The van der Waals surface area contributed by atoms with Gasteiger partial charge in [-0.05, 0) is 37.0 Å². The Hall–Kier alpha value is -2.17. The summed E-state index contributed by atoms with van der Waals surface area (Å²) < 4.78 is 0. The Labute approximate surface area is 149 Å². The molecule has 0 bridgehead atoms. The van der Waals surface area contributed by atoms with Crippen molar-refractivity contribution in [2.75, 3.05) is 19.6 Å². The smallest absolute Gasteiger partial charge is 0.237 e. The van der Waals surface area contributed by atoms with Crippen LogP contribution in [0.3, 0.4) is 0 Å². The number of aliphatic hydroxyl groups is 1. The van der Waals surface area contributed by atoms with Gasteiger partial charge in [-0.2, -0.15) is 0 Å². The van der Waals surface area contributed by atoms with Gasteiger partial charge in [0.15, 0.2) is 0 Å². The molecule has 132 valence electrons. The van der Waals surface area contributed by atoms with Crippen LogP contribution in [-0.2, 0) is 11.2 Å². The molecular weight excluding hydrogens is 312 g/mol. The van der Waals surface area contributed by atoms with Crippen molar-refractivity contribution in [3.05, 3.63) is 70.8 Å².